The van der Waals surface area contributed by atoms with E-state index in [0.717, 1.165) is 17.8 Å². The smallest absolute Gasteiger partial charge is 0.268 e. The van der Waals surface area contributed by atoms with Gasteiger partial charge >= 0.3 is 0 Å². The molecule has 0 unspecified atom stereocenters. The van der Waals surface area contributed by atoms with Crippen molar-refractivity contribution in [3.05, 3.63) is 68.4 Å². The van der Waals surface area contributed by atoms with Crippen LogP contribution in [0.2, 0.25) is 0 Å². The van der Waals surface area contributed by atoms with E-state index in [-0.39, 0.29) is 18.0 Å². The fourth-order valence-corrected chi connectivity index (χ4v) is 4.35. The first-order valence-electron chi connectivity index (χ1n) is 10.5. The van der Waals surface area contributed by atoms with Crippen molar-refractivity contribution in [1.82, 2.24) is 10.2 Å². The topological polar surface area (TPSA) is 97.1 Å². The second-order valence-electron chi connectivity index (χ2n) is 7.02. The lowest BCUT2D eigenvalue weighted by molar-refractivity contribution is -0.112. The van der Waals surface area contributed by atoms with Crippen molar-refractivity contribution in [1.29, 1.82) is 5.26 Å². The molecule has 0 spiro atoms. The lowest BCUT2D eigenvalue weighted by Gasteiger charge is -2.15. The maximum absolute atomic E-state index is 14.0. The lowest BCUT2D eigenvalue weighted by atomic mass is 10.1. The molecule has 34 heavy (non-hydrogen) atoms. The zero-order chi connectivity index (χ0) is 24.5. The highest BCUT2D eigenvalue weighted by molar-refractivity contribution is 9.10. The van der Waals surface area contributed by atoms with Gasteiger partial charge in [0.15, 0.2) is 11.5 Å². The molecule has 0 aliphatic carbocycles. The van der Waals surface area contributed by atoms with Gasteiger partial charge in [-0.05, 0) is 59.1 Å². The van der Waals surface area contributed by atoms with Gasteiger partial charge in [-0.3, -0.25) is 10.1 Å². The quantitative estimate of drug-likeness (QED) is 0.251. The second-order valence-corrected chi connectivity index (χ2v) is 8.93. The molecular weight excluding hydrogens is 523 g/mol. The van der Waals surface area contributed by atoms with Crippen LogP contribution in [0.1, 0.15) is 36.4 Å². The summed E-state index contributed by atoms with van der Waals surface area (Å²) in [6.07, 6.45) is 3.13. The fourth-order valence-electron chi connectivity index (χ4n) is 2.94. The maximum Gasteiger partial charge on any atom is 0.268 e. The highest BCUT2D eigenvalue weighted by Gasteiger charge is 2.16. The lowest BCUT2D eigenvalue weighted by Crippen LogP contribution is -2.13. The predicted octanol–water partition coefficient (Wildman–Crippen LogP) is 5.92. The zero-order valence-corrected chi connectivity index (χ0v) is 21.0. The number of hydrogen-bond acceptors (Lipinski definition) is 7. The molecule has 7 nitrogen and oxygen atoms in total. The van der Waals surface area contributed by atoms with Crippen LogP contribution in [-0.2, 0) is 17.8 Å². The van der Waals surface area contributed by atoms with Crippen LogP contribution in [0.15, 0.2) is 46.4 Å². The number of nitriles is 1. The van der Waals surface area contributed by atoms with Crippen molar-refractivity contribution in [3.63, 3.8) is 0 Å². The number of carbonyl (C=O) groups excluding carboxylic acids is 1. The number of aryl methyl sites for hydroxylation is 1. The number of halogens is 2. The second kappa shape index (κ2) is 12.3. The number of carbonyl (C=O) groups is 1. The number of aromatic nitrogens is 2. The third-order valence-electron chi connectivity index (χ3n) is 4.49. The number of amides is 1. The molecule has 0 saturated heterocycles. The van der Waals surface area contributed by atoms with Gasteiger partial charge in [0.2, 0.25) is 5.13 Å². The van der Waals surface area contributed by atoms with Crippen LogP contribution in [-0.4, -0.2) is 22.7 Å². The SMILES string of the molecule is CCCc1nnc(NC(=O)/C(C#N)=C\c2cc(Br)c(OCc3ccccc3F)c(OCC)c2)s1. The highest BCUT2D eigenvalue weighted by atomic mass is 79.9. The van der Waals surface area contributed by atoms with E-state index in [2.05, 4.69) is 31.4 Å². The molecule has 1 heterocycles. The molecular formula is C24H22BrFN4O3S. The summed E-state index contributed by atoms with van der Waals surface area (Å²) < 4.78 is 26.0. The van der Waals surface area contributed by atoms with Crippen LogP contribution in [0.3, 0.4) is 0 Å². The first-order valence-corrected chi connectivity index (χ1v) is 12.1. The summed E-state index contributed by atoms with van der Waals surface area (Å²) in [5.41, 5.74) is 0.842. The van der Waals surface area contributed by atoms with Crippen molar-refractivity contribution in [2.45, 2.75) is 33.3 Å². The number of benzene rings is 2. The van der Waals surface area contributed by atoms with Crippen LogP contribution in [0.5, 0.6) is 11.5 Å². The Morgan fingerprint density at radius 3 is 2.76 bits per heavy atom. The Hall–Kier alpha value is -3.29. The summed E-state index contributed by atoms with van der Waals surface area (Å²) >= 11 is 4.73. The minimum absolute atomic E-state index is 0.00819. The molecule has 1 N–H and O–H groups in total. The minimum Gasteiger partial charge on any atom is -0.490 e. The van der Waals surface area contributed by atoms with Gasteiger partial charge in [-0.2, -0.15) is 5.26 Å². The third kappa shape index (κ3) is 6.62. The normalized spacial score (nSPS) is 11.1. The molecule has 2 aromatic carbocycles. The zero-order valence-electron chi connectivity index (χ0n) is 18.6. The first kappa shape index (κ1) is 25.3. The largest absolute Gasteiger partial charge is 0.490 e. The highest BCUT2D eigenvalue weighted by Crippen LogP contribution is 2.38. The molecule has 0 atom stereocenters. The van der Waals surface area contributed by atoms with E-state index >= 15 is 0 Å². The van der Waals surface area contributed by atoms with Crippen molar-refractivity contribution in [2.75, 3.05) is 11.9 Å². The number of rotatable bonds is 10. The summed E-state index contributed by atoms with van der Waals surface area (Å²) in [5.74, 6) is -0.165. The van der Waals surface area contributed by atoms with Gasteiger partial charge in [-0.25, -0.2) is 4.39 Å². The molecule has 0 bridgehead atoms. The Kier molecular flexibility index (Phi) is 9.13. The van der Waals surface area contributed by atoms with Crippen LogP contribution in [0.4, 0.5) is 9.52 Å². The van der Waals surface area contributed by atoms with Gasteiger partial charge in [0.25, 0.3) is 5.91 Å². The molecule has 0 saturated carbocycles. The number of nitrogens with one attached hydrogen (secondary N) is 1. The van der Waals surface area contributed by atoms with E-state index in [1.54, 1.807) is 30.3 Å². The fraction of sp³-hybridized carbons (Fsp3) is 0.250. The molecule has 0 aliphatic heterocycles. The number of nitrogens with zero attached hydrogens (tertiary/aromatic N) is 3. The van der Waals surface area contributed by atoms with Crippen molar-refractivity contribution in [3.8, 4) is 17.6 Å². The Balaban J connectivity index is 1.82. The van der Waals surface area contributed by atoms with Gasteiger partial charge < -0.3 is 9.47 Å². The Bertz CT molecular complexity index is 1240. The molecule has 0 fully saturated rings. The Labute approximate surface area is 209 Å². The molecule has 176 valence electrons. The average Bonchev–Trinajstić information content (AvgIpc) is 3.25. The van der Waals surface area contributed by atoms with Crippen molar-refractivity contribution in [2.24, 2.45) is 0 Å². The molecule has 3 aromatic rings. The molecule has 3 rings (SSSR count). The molecule has 0 radical (unpaired) electrons. The van der Waals surface area contributed by atoms with E-state index in [1.807, 2.05) is 19.9 Å². The van der Waals surface area contributed by atoms with Gasteiger partial charge in [0.1, 0.15) is 29.1 Å². The summed E-state index contributed by atoms with van der Waals surface area (Å²) in [4.78, 5) is 12.6. The predicted molar refractivity (Wildman–Crippen MR) is 132 cm³/mol. The molecule has 0 aliphatic rings. The third-order valence-corrected chi connectivity index (χ3v) is 5.98. The maximum atomic E-state index is 14.0. The average molecular weight is 545 g/mol. The van der Waals surface area contributed by atoms with Crippen LogP contribution < -0.4 is 14.8 Å². The number of ether oxygens (including phenoxy) is 2. The van der Waals surface area contributed by atoms with E-state index in [1.165, 1.54) is 23.5 Å². The Morgan fingerprint density at radius 2 is 2.06 bits per heavy atom. The first-order chi connectivity index (χ1) is 16.4. The molecule has 10 heteroatoms. The van der Waals surface area contributed by atoms with Crippen LogP contribution >= 0.6 is 27.3 Å². The van der Waals surface area contributed by atoms with E-state index in [9.17, 15) is 14.4 Å². The Morgan fingerprint density at radius 1 is 1.26 bits per heavy atom. The molecule has 1 amide bonds. The van der Waals surface area contributed by atoms with Crippen LogP contribution in [0.25, 0.3) is 6.08 Å². The van der Waals surface area contributed by atoms with Crippen molar-refractivity contribution < 1.29 is 18.7 Å². The van der Waals surface area contributed by atoms with Crippen LogP contribution in [0, 0.1) is 17.1 Å². The van der Waals surface area contributed by atoms with Gasteiger partial charge in [0, 0.05) is 12.0 Å². The number of hydrogen-bond donors (Lipinski definition) is 1. The van der Waals surface area contributed by atoms with Gasteiger partial charge in [-0.15, -0.1) is 10.2 Å². The van der Waals surface area contributed by atoms with E-state index < -0.39 is 5.91 Å². The van der Waals surface area contributed by atoms with E-state index in [0.29, 0.717) is 38.8 Å². The monoisotopic (exact) mass is 544 g/mol. The summed E-state index contributed by atoms with van der Waals surface area (Å²) in [6.45, 7) is 4.22. The van der Waals surface area contributed by atoms with Crippen molar-refractivity contribution >= 4 is 44.4 Å². The standard InChI is InChI=1S/C24H22BrFN4O3S/c1-3-7-21-29-30-24(34-21)28-23(31)17(13-27)10-15-11-18(25)22(20(12-15)32-4-2)33-14-16-8-5-6-9-19(16)26/h5-6,8-12H,3-4,7,14H2,1-2H3,(H,28,30,31)/b17-10-. The minimum atomic E-state index is -0.587. The summed E-state index contributed by atoms with van der Waals surface area (Å²) in [5, 5.41) is 21.3. The van der Waals surface area contributed by atoms with Gasteiger partial charge in [0.05, 0.1) is 11.1 Å². The summed E-state index contributed by atoms with van der Waals surface area (Å²) in [7, 11) is 0. The molecule has 1 aromatic heterocycles. The summed E-state index contributed by atoms with van der Waals surface area (Å²) in [6, 6.07) is 11.6. The number of anilines is 1. The van der Waals surface area contributed by atoms with Gasteiger partial charge in [-0.1, -0.05) is 36.5 Å². The van der Waals surface area contributed by atoms with E-state index in [4.69, 9.17) is 9.47 Å².